The van der Waals surface area contributed by atoms with Gasteiger partial charge in [0.1, 0.15) is 11.3 Å². The Morgan fingerprint density at radius 1 is 1.40 bits per heavy atom. The van der Waals surface area contributed by atoms with E-state index in [9.17, 15) is 5.11 Å². The van der Waals surface area contributed by atoms with E-state index in [1.807, 2.05) is 0 Å². The second-order valence-corrected chi connectivity index (χ2v) is 5.40. The Hall–Kier alpha value is -1.40. The molecule has 1 fully saturated rings. The van der Waals surface area contributed by atoms with Crippen LogP contribution in [0.2, 0.25) is 0 Å². The summed E-state index contributed by atoms with van der Waals surface area (Å²) < 4.78 is 10.3. The van der Waals surface area contributed by atoms with Gasteiger partial charge in [0.2, 0.25) is 11.8 Å². The van der Waals surface area contributed by atoms with Crippen molar-refractivity contribution in [2.75, 3.05) is 20.8 Å². The number of piperidine rings is 1. The van der Waals surface area contributed by atoms with Crippen LogP contribution in [0.5, 0.6) is 11.8 Å². The van der Waals surface area contributed by atoms with Gasteiger partial charge in [-0.15, -0.1) is 0 Å². The van der Waals surface area contributed by atoms with E-state index in [0.29, 0.717) is 29.9 Å². The number of methoxy groups -OCH3 is 2. The summed E-state index contributed by atoms with van der Waals surface area (Å²) >= 11 is 0. The molecular formula is C14H23N3O3. The van der Waals surface area contributed by atoms with E-state index < -0.39 is 5.60 Å². The maximum absolute atomic E-state index is 10.8. The zero-order valence-corrected chi connectivity index (χ0v) is 12.3. The largest absolute Gasteiger partial charge is 0.480 e. The molecule has 0 spiro atoms. The average molecular weight is 281 g/mol. The zero-order valence-electron chi connectivity index (χ0n) is 12.3. The lowest BCUT2D eigenvalue weighted by Gasteiger charge is -2.31. The van der Waals surface area contributed by atoms with E-state index in [1.54, 1.807) is 6.92 Å². The molecule has 20 heavy (non-hydrogen) atoms. The molecule has 2 heterocycles. The van der Waals surface area contributed by atoms with Gasteiger partial charge >= 0.3 is 0 Å². The van der Waals surface area contributed by atoms with Crippen molar-refractivity contribution in [3.63, 3.8) is 0 Å². The van der Waals surface area contributed by atoms with Crippen molar-refractivity contribution in [2.45, 2.75) is 44.2 Å². The standard InChI is InChI=1S/C14H23N3O3/c1-14(18,8-10-6-4-5-7-15-10)12-13(20-3)17-11(19-2)9-16-12/h9-10,15,18H,4-8H2,1-3H3. The summed E-state index contributed by atoms with van der Waals surface area (Å²) in [5.74, 6) is 0.683. The van der Waals surface area contributed by atoms with Crippen molar-refractivity contribution in [3.05, 3.63) is 11.9 Å². The van der Waals surface area contributed by atoms with Gasteiger partial charge in [0, 0.05) is 6.04 Å². The van der Waals surface area contributed by atoms with E-state index in [1.165, 1.54) is 33.3 Å². The maximum atomic E-state index is 10.8. The van der Waals surface area contributed by atoms with Gasteiger partial charge in [0.25, 0.3) is 0 Å². The molecule has 1 aliphatic rings. The highest BCUT2D eigenvalue weighted by atomic mass is 16.5. The highest BCUT2D eigenvalue weighted by molar-refractivity contribution is 5.27. The van der Waals surface area contributed by atoms with Gasteiger partial charge in [-0.05, 0) is 32.7 Å². The van der Waals surface area contributed by atoms with E-state index in [0.717, 1.165) is 13.0 Å². The lowest BCUT2D eigenvalue weighted by Crippen LogP contribution is -2.40. The number of ether oxygens (including phenoxy) is 2. The van der Waals surface area contributed by atoms with E-state index >= 15 is 0 Å². The molecule has 0 bridgehead atoms. The molecule has 1 aromatic heterocycles. The fourth-order valence-electron chi connectivity index (χ4n) is 2.64. The summed E-state index contributed by atoms with van der Waals surface area (Å²) in [6.45, 7) is 2.76. The molecule has 6 heteroatoms. The highest BCUT2D eigenvalue weighted by Crippen LogP contribution is 2.32. The van der Waals surface area contributed by atoms with Crippen molar-refractivity contribution < 1.29 is 14.6 Å². The number of hydrogen-bond acceptors (Lipinski definition) is 6. The summed E-state index contributed by atoms with van der Waals surface area (Å²) in [6, 6.07) is 0.298. The Kier molecular flexibility index (Phi) is 4.77. The molecule has 0 amide bonds. The number of nitrogens with zero attached hydrogens (tertiary/aromatic N) is 2. The fraction of sp³-hybridized carbons (Fsp3) is 0.714. The van der Waals surface area contributed by atoms with Gasteiger partial charge in [0.15, 0.2) is 0 Å². The third-order valence-electron chi connectivity index (χ3n) is 3.69. The first-order valence-corrected chi connectivity index (χ1v) is 6.98. The highest BCUT2D eigenvalue weighted by Gasteiger charge is 2.33. The Morgan fingerprint density at radius 2 is 2.20 bits per heavy atom. The number of aliphatic hydroxyl groups is 1. The van der Waals surface area contributed by atoms with Crippen molar-refractivity contribution >= 4 is 0 Å². The van der Waals surface area contributed by atoms with Crippen LogP contribution in [0.1, 0.15) is 38.3 Å². The van der Waals surface area contributed by atoms with Crippen LogP contribution >= 0.6 is 0 Å². The third kappa shape index (κ3) is 3.37. The normalized spacial score (nSPS) is 22.1. The molecule has 2 N–H and O–H groups in total. The summed E-state index contributed by atoms with van der Waals surface area (Å²) in [5, 5.41) is 14.2. The summed E-state index contributed by atoms with van der Waals surface area (Å²) in [6.07, 6.45) is 5.55. The molecule has 1 aromatic rings. The second-order valence-electron chi connectivity index (χ2n) is 5.40. The van der Waals surface area contributed by atoms with E-state index in [4.69, 9.17) is 9.47 Å². The van der Waals surface area contributed by atoms with Gasteiger partial charge in [-0.25, -0.2) is 4.98 Å². The van der Waals surface area contributed by atoms with Gasteiger partial charge in [0.05, 0.1) is 20.4 Å². The second kappa shape index (κ2) is 6.37. The quantitative estimate of drug-likeness (QED) is 0.845. The van der Waals surface area contributed by atoms with Gasteiger partial charge in [-0.2, -0.15) is 4.98 Å². The molecular weight excluding hydrogens is 258 g/mol. The molecule has 2 unspecified atom stereocenters. The SMILES string of the molecule is COc1cnc(C(C)(O)CC2CCCCN2)c(OC)n1. The van der Waals surface area contributed by atoms with Crippen LogP contribution in [0.3, 0.4) is 0 Å². The molecule has 0 aromatic carbocycles. The predicted octanol–water partition coefficient (Wildman–Crippen LogP) is 1.23. The fourth-order valence-corrected chi connectivity index (χ4v) is 2.64. The molecule has 112 valence electrons. The van der Waals surface area contributed by atoms with Crippen molar-refractivity contribution in [2.24, 2.45) is 0 Å². The molecule has 2 atom stereocenters. The Labute approximate surface area is 119 Å². The van der Waals surface area contributed by atoms with Crippen LogP contribution in [-0.4, -0.2) is 41.9 Å². The van der Waals surface area contributed by atoms with Gasteiger partial charge < -0.3 is 19.9 Å². The average Bonchev–Trinajstić information content (AvgIpc) is 2.47. The van der Waals surface area contributed by atoms with Crippen LogP contribution in [0.25, 0.3) is 0 Å². The molecule has 1 aliphatic heterocycles. The van der Waals surface area contributed by atoms with Crippen LogP contribution < -0.4 is 14.8 Å². The third-order valence-corrected chi connectivity index (χ3v) is 3.69. The smallest absolute Gasteiger partial charge is 0.241 e. The van der Waals surface area contributed by atoms with Crippen LogP contribution in [0.15, 0.2) is 6.20 Å². The van der Waals surface area contributed by atoms with Gasteiger partial charge in [-0.3, -0.25) is 0 Å². The lowest BCUT2D eigenvalue weighted by atomic mass is 9.89. The predicted molar refractivity (Wildman–Crippen MR) is 75.0 cm³/mol. The number of aromatic nitrogens is 2. The summed E-state index contributed by atoms with van der Waals surface area (Å²) in [7, 11) is 3.04. The first-order valence-electron chi connectivity index (χ1n) is 6.98. The minimum Gasteiger partial charge on any atom is -0.480 e. The van der Waals surface area contributed by atoms with Crippen LogP contribution in [0, 0.1) is 0 Å². The number of nitrogens with one attached hydrogen (secondary N) is 1. The topological polar surface area (TPSA) is 76.5 Å². The molecule has 6 nitrogen and oxygen atoms in total. The van der Waals surface area contributed by atoms with Gasteiger partial charge in [-0.1, -0.05) is 6.42 Å². The summed E-state index contributed by atoms with van der Waals surface area (Å²) in [4.78, 5) is 8.45. The Balaban J connectivity index is 2.18. The molecule has 0 aliphatic carbocycles. The minimum atomic E-state index is -1.08. The Morgan fingerprint density at radius 3 is 2.80 bits per heavy atom. The van der Waals surface area contributed by atoms with Crippen molar-refractivity contribution in [3.8, 4) is 11.8 Å². The first-order chi connectivity index (χ1) is 9.56. The maximum Gasteiger partial charge on any atom is 0.241 e. The first kappa shape index (κ1) is 15.0. The minimum absolute atomic E-state index is 0.298. The van der Waals surface area contributed by atoms with E-state index in [-0.39, 0.29) is 0 Å². The van der Waals surface area contributed by atoms with E-state index in [2.05, 4.69) is 15.3 Å². The molecule has 1 saturated heterocycles. The zero-order chi connectivity index (χ0) is 14.6. The molecule has 2 rings (SSSR count). The summed E-state index contributed by atoms with van der Waals surface area (Å²) in [5.41, 5.74) is -0.632. The lowest BCUT2D eigenvalue weighted by molar-refractivity contribution is 0.0258. The molecule has 0 saturated carbocycles. The van der Waals surface area contributed by atoms with Crippen LogP contribution in [0.4, 0.5) is 0 Å². The Bertz CT molecular complexity index is 445. The number of rotatable bonds is 5. The van der Waals surface area contributed by atoms with Crippen LogP contribution in [-0.2, 0) is 5.60 Å². The monoisotopic (exact) mass is 281 g/mol. The molecule has 0 radical (unpaired) electrons. The number of hydrogen-bond donors (Lipinski definition) is 2. The van der Waals surface area contributed by atoms with Crippen molar-refractivity contribution in [1.29, 1.82) is 0 Å². The van der Waals surface area contributed by atoms with Crippen molar-refractivity contribution in [1.82, 2.24) is 15.3 Å².